The molecule has 6 nitrogen and oxygen atoms in total. The Labute approximate surface area is 206 Å². The number of rotatable bonds is 18. The number of unbranched alkanes of at least 4 members (excludes halogenated alkanes) is 15. The summed E-state index contributed by atoms with van der Waals surface area (Å²) in [6.07, 6.45) is 19.5. The van der Waals surface area contributed by atoms with Crippen molar-refractivity contribution in [3.8, 4) is 0 Å². The third-order valence-corrected chi connectivity index (χ3v) is 6.88. The second-order valence-corrected chi connectivity index (χ2v) is 9.99. The number of amides is 2. The van der Waals surface area contributed by atoms with Crippen LogP contribution in [0.5, 0.6) is 0 Å². The van der Waals surface area contributed by atoms with Crippen molar-refractivity contribution in [2.45, 2.75) is 121 Å². The fourth-order valence-electron chi connectivity index (χ4n) is 3.94. The molecule has 170 valence electrons. The summed E-state index contributed by atoms with van der Waals surface area (Å²) in [6.45, 7) is 2.50. The van der Waals surface area contributed by atoms with E-state index < -0.39 is 33.6 Å². The molecule has 1 saturated heterocycles. The quantitative estimate of drug-likeness (QED) is 0.148. The Kier molecular flexibility index (Phi) is 17.6. The van der Waals surface area contributed by atoms with Gasteiger partial charge in [-0.1, -0.05) is 103 Å². The maximum Gasteiger partial charge on any atom is 1.00 e. The van der Waals surface area contributed by atoms with Crippen molar-refractivity contribution in [2.75, 3.05) is 6.54 Å². The van der Waals surface area contributed by atoms with Crippen LogP contribution in [0.2, 0.25) is 0 Å². The van der Waals surface area contributed by atoms with Gasteiger partial charge in [0.25, 0.3) is 16.0 Å². The van der Waals surface area contributed by atoms with Gasteiger partial charge in [-0.05, 0) is 6.42 Å². The van der Waals surface area contributed by atoms with Gasteiger partial charge in [0.1, 0.15) is 0 Å². The molecule has 1 rings (SSSR count). The smallest absolute Gasteiger partial charge is 0.285 e. The fraction of sp³-hybridized carbons (Fsp3) is 0.909. The molecule has 1 aliphatic heterocycles. The molecule has 0 spiro atoms. The Morgan fingerprint density at radius 2 is 1.13 bits per heavy atom. The topological polar surface area (TPSA) is 91.8 Å². The van der Waals surface area contributed by atoms with Crippen molar-refractivity contribution < 1.29 is 52.1 Å². The Morgan fingerprint density at radius 1 is 0.767 bits per heavy atom. The van der Waals surface area contributed by atoms with Crippen LogP contribution in [-0.4, -0.2) is 41.5 Å². The molecule has 0 radical (unpaired) electrons. The molecule has 0 aliphatic carbocycles. The second-order valence-electron chi connectivity index (χ2n) is 8.39. The van der Waals surface area contributed by atoms with E-state index in [-0.39, 0.29) is 36.1 Å². The van der Waals surface area contributed by atoms with Gasteiger partial charge in [-0.25, -0.2) is 0 Å². The Morgan fingerprint density at radius 3 is 1.47 bits per heavy atom. The summed E-state index contributed by atoms with van der Waals surface area (Å²) in [5, 5.41) is -1.60. The minimum absolute atomic E-state index is 0. The first kappa shape index (κ1) is 30.0. The molecule has 1 unspecified atom stereocenters. The van der Waals surface area contributed by atoms with Crippen LogP contribution in [0, 0.1) is 0 Å². The Balaban J connectivity index is 0.00000841. The molecule has 0 aromatic carbocycles. The minimum atomic E-state index is -4.49. The van der Waals surface area contributed by atoms with E-state index >= 15 is 0 Å². The first-order chi connectivity index (χ1) is 13.9. The summed E-state index contributed by atoms with van der Waals surface area (Å²) < 4.78 is 31.2. The van der Waals surface area contributed by atoms with Crippen molar-refractivity contribution in [2.24, 2.45) is 0 Å². The SMILES string of the molecule is CCCCCCCCCCCCCCCCCCN1C(=O)CC(S(=O)(=O)O)C1=O.[Na+]. The van der Waals surface area contributed by atoms with Crippen molar-refractivity contribution in [1.82, 2.24) is 4.90 Å². The van der Waals surface area contributed by atoms with Gasteiger partial charge in [0.2, 0.25) is 5.91 Å². The molecular formula is C22H41NNaO5S+. The molecule has 0 aromatic rings. The van der Waals surface area contributed by atoms with Gasteiger partial charge in [-0.15, -0.1) is 0 Å². The number of carbonyl (C=O) groups excluding carboxylic acids is 2. The van der Waals surface area contributed by atoms with E-state index in [4.69, 9.17) is 4.55 Å². The number of likely N-dealkylation sites (tertiary alicyclic amines) is 1. The molecule has 0 aromatic heterocycles. The second kappa shape index (κ2) is 17.6. The summed E-state index contributed by atoms with van der Waals surface area (Å²) in [7, 11) is -4.49. The number of hydrogen-bond acceptors (Lipinski definition) is 4. The maximum atomic E-state index is 11.9. The molecule has 0 bridgehead atoms. The first-order valence-corrected chi connectivity index (χ1v) is 13.2. The number of carbonyl (C=O) groups is 2. The molecule has 1 fully saturated rings. The van der Waals surface area contributed by atoms with Crippen LogP contribution in [-0.2, 0) is 19.7 Å². The van der Waals surface area contributed by atoms with Crippen LogP contribution in [0.4, 0.5) is 0 Å². The van der Waals surface area contributed by atoms with Crippen LogP contribution in [0.1, 0.15) is 116 Å². The monoisotopic (exact) mass is 454 g/mol. The zero-order chi connectivity index (χ0) is 21.5. The third kappa shape index (κ3) is 12.8. The fourth-order valence-corrected chi connectivity index (χ4v) is 4.67. The standard InChI is InChI=1S/C22H41NO5S.Na/c1-2-3-4-5-6-7-8-9-10-11-12-13-14-15-16-17-18-23-21(24)19-20(22(23)25)29(26,27)28;/h20H,2-19H2,1H3,(H,26,27,28);/q;+1. The zero-order valence-electron chi connectivity index (χ0n) is 19.2. The predicted octanol–water partition coefficient (Wildman–Crippen LogP) is 2.27. The first-order valence-electron chi connectivity index (χ1n) is 11.7. The minimum Gasteiger partial charge on any atom is -0.285 e. The number of imide groups is 1. The van der Waals surface area contributed by atoms with Crippen molar-refractivity contribution in [3.05, 3.63) is 0 Å². The summed E-state index contributed by atoms with van der Waals surface area (Å²) in [6, 6.07) is 0. The van der Waals surface area contributed by atoms with Crippen LogP contribution >= 0.6 is 0 Å². The zero-order valence-corrected chi connectivity index (χ0v) is 22.1. The van der Waals surface area contributed by atoms with Gasteiger partial charge < -0.3 is 0 Å². The molecule has 30 heavy (non-hydrogen) atoms. The normalized spacial score (nSPS) is 16.9. The van der Waals surface area contributed by atoms with E-state index in [1.807, 2.05) is 0 Å². The molecule has 1 heterocycles. The van der Waals surface area contributed by atoms with Crippen molar-refractivity contribution in [3.63, 3.8) is 0 Å². The molecule has 1 aliphatic rings. The molecule has 2 amide bonds. The van der Waals surface area contributed by atoms with Crippen molar-refractivity contribution >= 4 is 21.9 Å². The van der Waals surface area contributed by atoms with E-state index in [0.717, 1.165) is 24.2 Å². The largest absolute Gasteiger partial charge is 1.00 e. The van der Waals surface area contributed by atoms with E-state index in [9.17, 15) is 18.0 Å². The summed E-state index contributed by atoms with van der Waals surface area (Å²) >= 11 is 0. The van der Waals surface area contributed by atoms with Crippen LogP contribution < -0.4 is 29.6 Å². The van der Waals surface area contributed by atoms with Gasteiger partial charge >= 0.3 is 29.6 Å². The molecule has 1 N–H and O–H groups in total. The van der Waals surface area contributed by atoms with Gasteiger partial charge in [-0.2, -0.15) is 8.42 Å². The summed E-state index contributed by atoms with van der Waals surface area (Å²) in [4.78, 5) is 24.7. The predicted molar refractivity (Wildman–Crippen MR) is 116 cm³/mol. The van der Waals surface area contributed by atoms with E-state index in [1.54, 1.807) is 0 Å². The molecule has 8 heteroatoms. The van der Waals surface area contributed by atoms with Gasteiger partial charge in [-0.3, -0.25) is 19.0 Å². The van der Waals surface area contributed by atoms with Crippen LogP contribution in [0.25, 0.3) is 0 Å². The Bertz CT molecular complexity index is 582. The van der Waals surface area contributed by atoms with E-state index in [0.29, 0.717) is 6.42 Å². The summed E-state index contributed by atoms with van der Waals surface area (Å²) in [5.74, 6) is -1.28. The van der Waals surface area contributed by atoms with Gasteiger partial charge in [0, 0.05) is 6.54 Å². The molecule has 1 atom stereocenters. The van der Waals surface area contributed by atoms with Gasteiger partial charge in [0.05, 0.1) is 6.42 Å². The van der Waals surface area contributed by atoms with E-state index in [2.05, 4.69) is 6.92 Å². The summed E-state index contributed by atoms with van der Waals surface area (Å²) in [5.41, 5.74) is 0. The Hall–Kier alpha value is 0.0500. The average molecular weight is 455 g/mol. The van der Waals surface area contributed by atoms with Crippen molar-refractivity contribution in [1.29, 1.82) is 0 Å². The van der Waals surface area contributed by atoms with Crippen LogP contribution in [0.3, 0.4) is 0 Å². The number of hydrogen-bond donors (Lipinski definition) is 1. The average Bonchev–Trinajstić information content (AvgIpc) is 2.96. The number of nitrogens with zero attached hydrogens (tertiary/aromatic N) is 1. The maximum absolute atomic E-state index is 11.9. The molecular weight excluding hydrogens is 413 g/mol. The van der Waals surface area contributed by atoms with E-state index in [1.165, 1.54) is 77.0 Å². The van der Waals surface area contributed by atoms with Gasteiger partial charge in [0.15, 0.2) is 5.25 Å². The third-order valence-electron chi connectivity index (χ3n) is 5.80. The van der Waals surface area contributed by atoms with Crippen LogP contribution in [0.15, 0.2) is 0 Å². The molecule has 0 saturated carbocycles.